The Morgan fingerprint density at radius 1 is 1.19 bits per heavy atom. The van der Waals surface area contributed by atoms with Gasteiger partial charge in [-0.1, -0.05) is 47.6 Å². The van der Waals surface area contributed by atoms with Crippen LogP contribution in [0.2, 0.25) is 5.02 Å². The van der Waals surface area contributed by atoms with Gasteiger partial charge in [0.25, 0.3) is 0 Å². The van der Waals surface area contributed by atoms with Crippen molar-refractivity contribution >= 4 is 34.7 Å². The van der Waals surface area contributed by atoms with Crippen molar-refractivity contribution in [1.29, 1.82) is 0 Å². The van der Waals surface area contributed by atoms with E-state index in [0.717, 1.165) is 32.9 Å². The standard InChI is InChI=1S/C19H15ClN4OS2/c1-25-15-6-4-5-14(9-15)24-12-21-23-19(24)27-11-13-10-26-18(22-13)16-7-2-3-8-17(16)20/h2-10,12H,11H2,1H3. The molecule has 0 saturated heterocycles. The number of rotatable bonds is 6. The Kier molecular flexibility index (Phi) is 5.42. The quantitative estimate of drug-likeness (QED) is 0.398. The minimum atomic E-state index is 0.698. The minimum absolute atomic E-state index is 0.698. The number of hydrogen-bond donors (Lipinski definition) is 0. The zero-order valence-corrected chi connectivity index (χ0v) is 16.8. The van der Waals surface area contributed by atoms with Gasteiger partial charge in [-0.05, 0) is 18.2 Å². The predicted octanol–water partition coefficient (Wildman–Crippen LogP) is 5.35. The molecule has 136 valence electrons. The number of halogens is 1. The van der Waals surface area contributed by atoms with Crippen LogP contribution in [0.15, 0.2) is 65.4 Å². The molecule has 0 N–H and O–H groups in total. The molecule has 2 aromatic carbocycles. The smallest absolute Gasteiger partial charge is 0.195 e. The van der Waals surface area contributed by atoms with Crippen LogP contribution < -0.4 is 4.74 Å². The van der Waals surface area contributed by atoms with Gasteiger partial charge < -0.3 is 4.74 Å². The number of nitrogens with zero attached hydrogens (tertiary/aromatic N) is 4. The Bertz CT molecular complexity index is 1060. The van der Waals surface area contributed by atoms with Gasteiger partial charge in [0.05, 0.1) is 23.5 Å². The van der Waals surface area contributed by atoms with Crippen molar-refractivity contribution < 1.29 is 4.74 Å². The molecular weight excluding hydrogens is 400 g/mol. The van der Waals surface area contributed by atoms with Crippen LogP contribution in [-0.4, -0.2) is 26.9 Å². The van der Waals surface area contributed by atoms with Gasteiger partial charge in [-0.25, -0.2) is 4.98 Å². The van der Waals surface area contributed by atoms with E-state index in [9.17, 15) is 0 Å². The molecule has 0 fully saturated rings. The molecule has 27 heavy (non-hydrogen) atoms. The highest BCUT2D eigenvalue weighted by atomic mass is 35.5. The SMILES string of the molecule is COc1cccc(-n2cnnc2SCc2csc(-c3ccccc3Cl)n2)c1. The van der Waals surface area contributed by atoms with Crippen LogP contribution in [0, 0.1) is 0 Å². The zero-order chi connectivity index (χ0) is 18.6. The number of benzene rings is 2. The molecule has 0 bridgehead atoms. The molecule has 8 heteroatoms. The summed E-state index contributed by atoms with van der Waals surface area (Å²) >= 11 is 9.45. The third kappa shape index (κ3) is 4.00. The molecule has 0 aliphatic rings. The first-order valence-electron chi connectivity index (χ1n) is 8.11. The van der Waals surface area contributed by atoms with Crippen LogP contribution in [0.3, 0.4) is 0 Å². The molecule has 0 amide bonds. The second-order valence-electron chi connectivity index (χ2n) is 5.60. The van der Waals surface area contributed by atoms with Crippen molar-refractivity contribution in [3.05, 3.63) is 71.0 Å². The molecule has 0 radical (unpaired) electrons. The summed E-state index contributed by atoms with van der Waals surface area (Å²) in [6.45, 7) is 0. The van der Waals surface area contributed by atoms with Gasteiger partial charge in [0.2, 0.25) is 0 Å². The average molecular weight is 415 g/mol. The van der Waals surface area contributed by atoms with E-state index in [0.29, 0.717) is 10.8 Å². The van der Waals surface area contributed by atoms with Crippen molar-refractivity contribution in [3.63, 3.8) is 0 Å². The van der Waals surface area contributed by atoms with Gasteiger partial charge in [0.15, 0.2) is 5.16 Å². The van der Waals surface area contributed by atoms with E-state index in [1.54, 1.807) is 36.5 Å². The molecule has 0 spiro atoms. The molecule has 2 aromatic heterocycles. The molecule has 4 rings (SSSR count). The normalized spacial score (nSPS) is 10.9. The van der Waals surface area contributed by atoms with Gasteiger partial charge >= 0.3 is 0 Å². The summed E-state index contributed by atoms with van der Waals surface area (Å²) < 4.78 is 7.24. The number of ether oxygens (including phenoxy) is 1. The van der Waals surface area contributed by atoms with Crippen LogP contribution in [0.5, 0.6) is 5.75 Å². The molecule has 0 aliphatic heterocycles. The lowest BCUT2D eigenvalue weighted by atomic mass is 10.2. The van der Waals surface area contributed by atoms with Gasteiger partial charge in [-0.2, -0.15) is 0 Å². The molecule has 4 aromatic rings. The Balaban J connectivity index is 1.51. The fourth-order valence-corrected chi connectivity index (χ4v) is 4.60. The second kappa shape index (κ2) is 8.12. The van der Waals surface area contributed by atoms with E-state index in [1.807, 2.05) is 53.1 Å². The maximum Gasteiger partial charge on any atom is 0.195 e. The molecule has 2 heterocycles. The second-order valence-corrected chi connectivity index (χ2v) is 7.81. The van der Waals surface area contributed by atoms with Crippen LogP contribution in [0.4, 0.5) is 0 Å². The summed E-state index contributed by atoms with van der Waals surface area (Å²) in [5.41, 5.74) is 2.90. The molecule has 0 saturated carbocycles. The summed E-state index contributed by atoms with van der Waals surface area (Å²) in [5.74, 6) is 1.49. The summed E-state index contributed by atoms with van der Waals surface area (Å²) in [5, 5.41) is 12.8. The fourth-order valence-electron chi connectivity index (χ4n) is 2.53. The van der Waals surface area contributed by atoms with Crippen molar-refractivity contribution in [1.82, 2.24) is 19.7 Å². The van der Waals surface area contributed by atoms with Crippen molar-refractivity contribution in [2.75, 3.05) is 7.11 Å². The fraction of sp³-hybridized carbons (Fsp3) is 0.105. The van der Waals surface area contributed by atoms with Gasteiger partial charge in [0.1, 0.15) is 17.1 Å². The Hall–Kier alpha value is -2.35. The highest BCUT2D eigenvalue weighted by Gasteiger charge is 2.11. The third-order valence-corrected chi connectivity index (χ3v) is 6.08. The van der Waals surface area contributed by atoms with Gasteiger partial charge in [-0.3, -0.25) is 4.57 Å². The molecule has 0 atom stereocenters. The van der Waals surface area contributed by atoms with E-state index in [2.05, 4.69) is 15.6 Å². The van der Waals surface area contributed by atoms with Crippen molar-refractivity contribution in [2.24, 2.45) is 0 Å². The monoisotopic (exact) mass is 414 g/mol. The number of thiazole rings is 1. The van der Waals surface area contributed by atoms with Crippen molar-refractivity contribution in [3.8, 4) is 22.0 Å². The lowest BCUT2D eigenvalue weighted by molar-refractivity contribution is 0.414. The average Bonchev–Trinajstić information content (AvgIpc) is 3.36. The van der Waals surface area contributed by atoms with Crippen molar-refractivity contribution in [2.45, 2.75) is 10.9 Å². The largest absolute Gasteiger partial charge is 0.497 e. The summed E-state index contributed by atoms with van der Waals surface area (Å²) in [6.07, 6.45) is 1.70. The Morgan fingerprint density at radius 3 is 2.93 bits per heavy atom. The van der Waals surface area contributed by atoms with E-state index in [1.165, 1.54) is 0 Å². The number of methoxy groups -OCH3 is 1. The van der Waals surface area contributed by atoms with Gasteiger partial charge in [-0.15, -0.1) is 21.5 Å². The molecule has 5 nitrogen and oxygen atoms in total. The summed E-state index contributed by atoms with van der Waals surface area (Å²) in [6, 6.07) is 15.5. The highest BCUT2D eigenvalue weighted by molar-refractivity contribution is 7.98. The lowest BCUT2D eigenvalue weighted by Crippen LogP contribution is -1.96. The molecule has 0 unspecified atom stereocenters. The number of hydrogen-bond acceptors (Lipinski definition) is 6. The van der Waals surface area contributed by atoms with E-state index in [-0.39, 0.29) is 0 Å². The van der Waals surface area contributed by atoms with Crippen LogP contribution >= 0.6 is 34.7 Å². The van der Waals surface area contributed by atoms with Gasteiger partial charge in [0, 0.05) is 22.8 Å². The van der Waals surface area contributed by atoms with Crippen LogP contribution in [0.25, 0.3) is 16.3 Å². The molecule has 0 aliphatic carbocycles. The van der Waals surface area contributed by atoms with E-state index in [4.69, 9.17) is 21.3 Å². The number of thioether (sulfide) groups is 1. The zero-order valence-electron chi connectivity index (χ0n) is 14.4. The van der Waals surface area contributed by atoms with Crippen LogP contribution in [0.1, 0.15) is 5.69 Å². The summed E-state index contributed by atoms with van der Waals surface area (Å²) in [7, 11) is 1.65. The van der Waals surface area contributed by atoms with E-state index >= 15 is 0 Å². The van der Waals surface area contributed by atoms with Crippen LogP contribution in [-0.2, 0) is 5.75 Å². The van der Waals surface area contributed by atoms with E-state index < -0.39 is 0 Å². The maximum absolute atomic E-state index is 6.27. The topological polar surface area (TPSA) is 52.8 Å². The predicted molar refractivity (Wildman–Crippen MR) is 110 cm³/mol. The number of aromatic nitrogens is 4. The first kappa shape index (κ1) is 18.0. The highest BCUT2D eigenvalue weighted by Crippen LogP contribution is 2.32. The third-order valence-electron chi connectivity index (χ3n) is 3.85. The molecular formula is C19H15ClN4OS2. The Morgan fingerprint density at radius 2 is 2.07 bits per heavy atom. The first-order valence-corrected chi connectivity index (χ1v) is 10.4. The Labute approximate surface area is 170 Å². The maximum atomic E-state index is 6.27. The summed E-state index contributed by atoms with van der Waals surface area (Å²) in [4.78, 5) is 4.71. The lowest BCUT2D eigenvalue weighted by Gasteiger charge is -2.07. The first-order chi connectivity index (χ1) is 13.2. The minimum Gasteiger partial charge on any atom is -0.497 e.